The van der Waals surface area contributed by atoms with Gasteiger partial charge in [-0.3, -0.25) is 0 Å². The second kappa shape index (κ2) is 5.36. The zero-order chi connectivity index (χ0) is 14.0. The normalized spacial score (nSPS) is 14.2. The molecule has 0 heterocycles. The smallest absolute Gasteiger partial charge is 0.146 e. The van der Waals surface area contributed by atoms with Crippen molar-refractivity contribution in [3.05, 3.63) is 69.7 Å². The molecule has 0 radical (unpaired) electrons. The van der Waals surface area contributed by atoms with E-state index in [0.29, 0.717) is 5.56 Å². The fourth-order valence-electron chi connectivity index (χ4n) is 1.98. The van der Waals surface area contributed by atoms with Crippen LogP contribution in [0.15, 0.2) is 46.9 Å². The average Bonchev–Trinajstić information content (AvgIpc) is 2.44. The molecule has 0 spiro atoms. The van der Waals surface area contributed by atoms with E-state index in [2.05, 4.69) is 15.9 Å². The fraction of sp³-hybridized carbons (Fsp3) is 0.143. The Morgan fingerprint density at radius 2 is 1.74 bits per heavy atom. The molecule has 0 saturated heterocycles. The third-order valence-electron chi connectivity index (χ3n) is 3.00. The minimum absolute atomic E-state index is 0.0757. The molecule has 0 saturated carbocycles. The van der Waals surface area contributed by atoms with E-state index in [9.17, 15) is 13.9 Å². The Bertz CT molecular complexity index is 591. The lowest BCUT2D eigenvalue weighted by Crippen LogP contribution is -2.38. The van der Waals surface area contributed by atoms with Gasteiger partial charge in [-0.05, 0) is 33.6 Å². The second-order valence-electron chi connectivity index (χ2n) is 4.15. The van der Waals surface area contributed by atoms with E-state index in [1.54, 1.807) is 30.3 Å². The van der Waals surface area contributed by atoms with Gasteiger partial charge in [-0.15, -0.1) is 0 Å². The van der Waals surface area contributed by atoms with Crippen molar-refractivity contribution < 1.29 is 13.9 Å². The van der Waals surface area contributed by atoms with Crippen LogP contribution in [0.4, 0.5) is 8.78 Å². The van der Waals surface area contributed by atoms with Gasteiger partial charge in [0.2, 0.25) is 0 Å². The average molecular weight is 328 g/mol. The van der Waals surface area contributed by atoms with Crippen LogP contribution in [-0.4, -0.2) is 11.7 Å². The van der Waals surface area contributed by atoms with Crippen LogP contribution in [0.25, 0.3) is 0 Å². The monoisotopic (exact) mass is 327 g/mol. The predicted molar refractivity (Wildman–Crippen MR) is 72.6 cm³/mol. The highest BCUT2D eigenvalue weighted by atomic mass is 79.9. The van der Waals surface area contributed by atoms with E-state index in [1.165, 1.54) is 6.07 Å². The summed E-state index contributed by atoms with van der Waals surface area (Å²) in [6.45, 7) is -0.332. The molecule has 0 aliphatic rings. The lowest BCUT2D eigenvalue weighted by molar-refractivity contribution is 0.0816. The zero-order valence-electron chi connectivity index (χ0n) is 9.91. The summed E-state index contributed by atoms with van der Waals surface area (Å²) in [5.41, 5.74) is 3.55. The first-order chi connectivity index (χ1) is 9.00. The Hall–Kier alpha value is -1.30. The van der Waals surface area contributed by atoms with Gasteiger partial charge in [-0.1, -0.05) is 30.3 Å². The lowest BCUT2D eigenvalue weighted by atomic mass is 9.85. The van der Waals surface area contributed by atoms with Crippen molar-refractivity contribution in [1.82, 2.24) is 0 Å². The van der Waals surface area contributed by atoms with Crippen LogP contribution in [0.1, 0.15) is 11.1 Å². The third-order valence-corrected chi connectivity index (χ3v) is 3.62. The van der Waals surface area contributed by atoms with Crippen molar-refractivity contribution in [2.45, 2.75) is 5.60 Å². The van der Waals surface area contributed by atoms with E-state index in [4.69, 9.17) is 5.73 Å². The fourth-order valence-corrected chi connectivity index (χ4v) is 2.31. The van der Waals surface area contributed by atoms with Crippen molar-refractivity contribution >= 4 is 15.9 Å². The maximum Gasteiger partial charge on any atom is 0.146 e. The highest BCUT2D eigenvalue weighted by molar-refractivity contribution is 9.10. The molecular weight excluding hydrogens is 316 g/mol. The minimum atomic E-state index is -1.90. The Labute approximate surface area is 118 Å². The number of hydrogen-bond acceptors (Lipinski definition) is 2. The van der Waals surface area contributed by atoms with E-state index >= 15 is 0 Å². The van der Waals surface area contributed by atoms with Gasteiger partial charge in [0.25, 0.3) is 0 Å². The van der Waals surface area contributed by atoms with Crippen molar-refractivity contribution in [1.29, 1.82) is 0 Å². The largest absolute Gasteiger partial charge is 0.379 e. The molecule has 5 heteroatoms. The van der Waals surface area contributed by atoms with Gasteiger partial charge < -0.3 is 10.8 Å². The summed E-state index contributed by atoms with van der Waals surface area (Å²) in [5.74, 6) is -1.69. The molecule has 3 N–H and O–H groups in total. The molecule has 1 unspecified atom stereocenters. The van der Waals surface area contributed by atoms with Crippen molar-refractivity contribution in [3.63, 3.8) is 0 Å². The first kappa shape index (κ1) is 14.1. The van der Waals surface area contributed by atoms with Gasteiger partial charge in [0.1, 0.15) is 17.2 Å². The molecule has 0 bridgehead atoms. The van der Waals surface area contributed by atoms with Crippen molar-refractivity contribution in [3.8, 4) is 0 Å². The molecule has 100 valence electrons. The molecule has 2 rings (SSSR count). The summed E-state index contributed by atoms with van der Waals surface area (Å²) >= 11 is 2.98. The van der Waals surface area contributed by atoms with Gasteiger partial charge >= 0.3 is 0 Å². The van der Waals surface area contributed by atoms with Crippen LogP contribution in [0.2, 0.25) is 0 Å². The van der Waals surface area contributed by atoms with Gasteiger partial charge in [0.05, 0.1) is 10.0 Å². The van der Waals surface area contributed by atoms with Crippen LogP contribution < -0.4 is 5.73 Å². The summed E-state index contributed by atoms with van der Waals surface area (Å²) in [6.07, 6.45) is 0. The quantitative estimate of drug-likeness (QED) is 0.851. The molecule has 0 amide bonds. The number of benzene rings is 2. The van der Waals surface area contributed by atoms with Crippen molar-refractivity contribution in [2.75, 3.05) is 6.54 Å². The van der Waals surface area contributed by atoms with Crippen LogP contribution >= 0.6 is 15.9 Å². The standard InChI is InChI=1S/C14H12BrF2NO/c15-10-6-7-11(16)12(13(10)17)14(19,8-18)9-4-2-1-3-5-9/h1-7,19H,8,18H2. The Balaban J connectivity index is 2.70. The number of nitrogens with two attached hydrogens (primary N) is 1. The van der Waals surface area contributed by atoms with Crippen LogP contribution in [-0.2, 0) is 5.60 Å². The van der Waals surface area contributed by atoms with Gasteiger partial charge in [0.15, 0.2) is 0 Å². The SMILES string of the molecule is NCC(O)(c1ccccc1)c1c(F)ccc(Br)c1F. The number of hydrogen-bond donors (Lipinski definition) is 2. The molecule has 2 aromatic carbocycles. The molecular formula is C14H12BrF2NO. The summed E-state index contributed by atoms with van der Waals surface area (Å²) in [4.78, 5) is 0. The Morgan fingerprint density at radius 3 is 2.32 bits per heavy atom. The maximum atomic E-state index is 14.1. The minimum Gasteiger partial charge on any atom is -0.379 e. The zero-order valence-corrected chi connectivity index (χ0v) is 11.5. The number of rotatable bonds is 3. The summed E-state index contributed by atoms with van der Waals surface area (Å²) < 4.78 is 28.1. The Morgan fingerprint density at radius 1 is 1.11 bits per heavy atom. The second-order valence-corrected chi connectivity index (χ2v) is 5.00. The molecule has 2 aromatic rings. The van der Waals surface area contributed by atoms with Crippen LogP contribution in [0, 0.1) is 11.6 Å². The lowest BCUT2D eigenvalue weighted by Gasteiger charge is -2.28. The molecule has 0 aliphatic carbocycles. The number of aliphatic hydroxyl groups is 1. The van der Waals surface area contributed by atoms with E-state index < -0.39 is 22.8 Å². The van der Waals surface area contributed by atoms with Crippen LogP contribution in [0.3, 0.4) is 0 Å². The highest BCUT2D eigenvalue weighted by Gasteiger charge is 2.36. The Kier molecular flexibility index (Phi) is 3.99. The molecule has 1 atom stereocenters. The van der Waals surface area contributed by atoms with Gasteiger partial charge in [-0.2, -0.15) is 0 Å². The summed E-state index contributed by atoms with van der Waals surface area (Å²) in [6, 6.07) is 10.6. The molecule has 19 heavy (non-hydrogen) atoms. The summed E-state index contributed by atoms with van der Waals surface area (Å²) in [7, 11) is 0. The first-order valence-electron chi connectivity index (χ1n) is 5.62. The van der Waals surface area contributed by atoms with Crippen molar-refractivity contribution in [2.24, 2.45) is 5.73 Å². The summed E-state index contributed by atoms with van der Waals surface area (Å²) in [5, 5.41) is 10.6. The van der Waals surface area contributed by atoms with E-state index in [0.717, 1.165) is 6.07 Å². The molecule has 0 aliphatic heterocycles. The number of halogens is 3. The highest BCUT2D eigenvalue weighted by Crippen LogP contribution is 2.35. The first-order valence-corrected chi connectivity index (χ1v) is 6.42. The molecule has 0 aromatic heterocycles. The molecule has 2 nitrogen and oxygen atoms in total. The van der Waals surface area contributed by atoms with Gasteiger partial charge in [-0.25, -0.2) is 8.78 Å². The topological polar surface area (TPSA) is 46.2 Å². The molecule has 0 fully saturated rings. The van der Waals surface area contributed by atoms with E-state index in [1.807, 2.05) is 0 Å². The van der Waals surface area contributed by atoms with E-state index in [-0.39, 0.29) is 11.0 Å². The third kappa shape index (κ3) is 2.41. The predicted octanol–water partition coefficient (Wildman–Crippen LogP) is 2.92. The van der Waals surface area contributed by atoms with Gasteiger partial charge in [0, 0.05) is 6.54 Å². The van der Waals surface area contributed by atoms with Crippen LogP contribution in [0.5, 0.6) is 0 Å². The maximum absolute atomic E-state index is 14.1.